The molecule has 2 amide bonds. The van der Waals surface area contributed by atoms with E-state index in [-0.39, 0.29) is 24.4 Å². The van der Waals surface area contributed by atoms with Gasteiger partial charge < -0.3 is 9.80 Å². The molecule has 4 nitrogen and oxygen atoms in total. The summed E-state index contributed by atoms with van der Waals surface area (Å²) in [5, 5.41) is 0. The molecule has 4 heteroatoms. The van der Waals surface area contributed by atoms with E-state index >= 15 is 0 Å². The number of fused-ring (bicyclic) bond motifs is 1. The van der Waals surface area contributed by atoms with Crippen molar-refractivity contribution in [1.82, 2.24) is 9.80 Å². The summed E-state index contributed by atoms with van der Waals surface area (Å²) in [6.45, 7) is 4.83. The average molecular weight is 336 g/mol. The second kappa shape index (κ2) is 7.09. The van der Waals surface area contributed by atoms with Crippen molar-refractivity contribution < 1.29 is 9.59 Å². The molecule has 0 fully saturated rings. The minimum Gasteiger partial charge on any atom is -0.334 e. The van der Waals surface area contributed by atoms with Crippen LogP contribution in [0.4, 0.5) is 0 Å². The highest BCUT2D eigenvalue weighted by Gasteiger charge is 2.28. The number of benzene rings is 2. The molecule has 1 unspecified atom stereocenters. The molecule has 0 aromatic heterocycles. The highest BCUT2D eigenvalue weighted by molar-refractivity contribution is 5.96. The molecular formula is C21H24N2O2. The number of hydrogen-bond acceptors (Lipinski definition) is 2. The standard InChI is InChI=1S/C21H24N2O2/c1-15-8-10-18(11-9-15)21(25)22(3)14-20(24)23-13-12-17-6-4-5-7-19(17)16(23)2/h4-11,16H,12-14H2,1-3H3. The molecule has 1 aliphatic rings. The number of aryl methyl sites for hydroxylation is 1. The monoisotopic (exact) mass is 336 g/mol. The fourth-order valence-corrected chi connectivity index (χ4v) is 3.39. The first-order valence-corrected chi connectivity index (χ1v) is 8.67. The summed E-state index contributed by atoms with van der Waals surface area (Å²) in [5.74, 6) is -0.136. The van der Waals surface area contributed by atoms with Gasteiger partial charge in [-0.05, 0) is 43.5 Å². The maximum absolute atomic E-state index is 12.8. The lowest BCUT2D eigenvalue weighted by molar-refractivity contribution is -0.134. The highest BCUT2D eigenvalue weighted by Crippen LogP contribution is 2.29. The summed E-state index contributed by atoms with van der Waals surface area (Å²) in [6.07, 6.45) is 0.863. The van der Waals surface area contributed by atoms with Crippen LogP contribution in [0.25, 0.3) is 0 Å². The van der Waals surface area contributed by atoms with E-state index in [4.69, 9.17) is 0 Å². The molecule has 0 spiro atoms. The van der Waals surface area contributed by atoms with Gasteiger partial charge in [-0.15, -0.1) is 0 Å². The molecule has 0 saturated carbocycles. The van der Waals surface area contributed by atoms with Crippen LogP contribution in [0.3, 0.4) is 0 Å². The molecule has 130 valence electrons. The Balaban J connectivity index is 1.68. The Bertz CT molecular complexity index is 783. The smallest absolute Gasteiger partial charge is 0.254 e. The number of hydrogen-bond donors (Lipinski definition) is 0. The fourth-order valence-electron chi connectivity index (χ4n) is 3.39. The minimum absolute atomic E-state index is 0.00929. The van der Waals surface area contributed by atoms with Gasteiger partial charge in [0.1, 0.15) is 0 Å². The Kier molecular flexibility index (Phi) is 4.88. The molecule has 1 heterocycles. The van der Waals surface area contributed by atoms with E-state index in [9.17, 15) is 9.59 Å². The zero-order valence-electron chi connectivity index (χ0n) is 15.0. The lowest BCUT2D eigenvalue weighted by Gasteiger charge is -2.36. The van der Waals surface area contributed by atoms with E-state index in [2.05, 4.69) is 19.1 Å². The molecule has 1 atom stereocenters. The van der Waals surface area contributed by atoms with Crippen molar-refractivity contribution in [2.45, 2.75) is 26.3 Å². The molecule has 0 N–H and O–H groups in total. The van der Waals surface area contributed by atoms with E-state index in [0.29, 0.717) is 12.1 Å². The van der Waals surface area contributed by atoms with Gasteiger partial charge in [0, 0.05) is 19.2 Å². The van der Waals surface area contributed by atoms with E-state index < -0.39 is 0 Å². The lowest BCUT2D eigenvalue weighted by Crippen LogP contribution is -2.45. The zero-order chi connectivity index (χ0) is 18.0. The maximum Gasteiger partial charge on any atom is 0.254 e. The van der Waals surface area contributed by atoms with Crippen molar-refractivity contribution in [3.63, 3.8) is 0 Å². The summed E-state index contributed by atoms with van der Waals surface area (Å²) >= 11 is 0. The number of likely N-dealkylation sites (N-methyl/N-ethyl adjacent to an activating group) is 1. The molecule has 1 aliphatic heterocycles. The largest absolute Gasteiger partial charge is 0.334 e. The highest BCUT2D eigenvalue weighted by atomic mass is 16.2. The third kappa shape index (κ3) is 3.58. The number of rotatable bonds is 3. The van der Waals surface area contributed by atoms with Gasteiger partial charge in [-0.3, -0.25) is 9.59 Å². The van der Waals surface area contributed by atoms with Crippen LogP contribution in [0.2, 0.25) is 0 Å². The van der Waals surface area contributed by atoms with Gasteiger partial charge >= 0.3 is 0 Å². The van der Waals surface area contributed by atoms with Gasteiger partial charge in [-0.25, -0.2) is 0 Å². The Labute approximate surface area is 149 Å². The van der Waals surface area contributed by atoms with Crippen LogP contribution in [0.15, 0.2) is 48.5 Å². The molecule has 25 heavy (non-hydrogen) atoms. The molecule has 3 rings (SSSR count). The summed E-state index contributed by atoms with van der Waals surface area (Å²) < 4.78 is 0. The van der Waals surface area contributed by atoms with Crippen molar-refractivity contribution in [1.29, 1.82) is 0 Å². The zero-order valence-corrected chi connectivity index (χ0v) is 15.0. The third-order valence-corrected chi connectivity index (χ3v) is 4.93. The first kappa shape index (κ1) is 17.2. The third-order valence-electron chi connectivity index (χ3n) is 4.93. The Morgan fingerprint density at radius 2 is 1.80 bits per heavy atom. The fraction of sp³-hybridized carbons (Fsp3) is 0.333. The molecule has 0 saturated heterocycles. The van der Waals surface area contributed by atoms with Gasteiger partial charge in [0.05, 0.1) is 12.6 Å². The number of carbonyl (C=O) groups excluding carboxylic acids is 2. The molecule has 2 aromatic rings. The predicted octanol–water partition coefficient (Wildman–Crippen LogP) is 3.21. The van der Waals surface area contributed by atoms with Crippen LogP contribution in [-0.2, 0) is 11.2 Å². The van der Waals surface area contributed by atoms with Crippen molar-refractivity contribution in [2.75, 3.05) is 20.1 Å². The summed E-state index contributed by atoms with van der Waals surface area (Å²) in [6, 6.07) is 15.7. The second-order valence-electron chi connectivity index (χ2n) is 6.74. The predicted molar refractivity (Wildman–Crippen MR) is 98.4 cm³/mol. The normalized spacial score (nSPS) is 16.3. The second-order valence-corrected chi connectivity index (χ2v) is 6.74. The van der Waals surface area contributed by atoms with Crippen molar-refractivity contribution in [3.8, 4) is 0 Å². The van der Waals surface area contributed by atoms with Crippen LogP contribution in [0.1, 0.15) is 40.0 Å². The van der Waals surface area contributed by atoms with Crippen molar-refractivity contribution in [2.24, 2.45) is 0 Å². The Morgan fingerprint density at radius 1 is 1.12 bits per heavy atom. The van der Waals surface area contributed by atoms with Gasteiger partial charge in [0.2, 0.25) is 5.91 Å². The van der Waals surface area contributed by atoms with Crippen LogP contribution < -0.4 is 0 Å². The van der Waals surface area contributed by atoms with Crippen LogP contribution in [0, 0.1) is 6.92 Å². The van der Waals surface area contributed by atoms with E-state index in [1.807, 2.05) is 36.1 Å². The summed E-state index contributed by atoms with van der Waals surface area (Å²) in [5.41, 5.74) is 4.23. The SMILES string of the molecule is Cc1ccc(C(=O)N(C)CC(=O)N2CCc3ccccc3C2C)cc1. The average Bonchev–Trinajstić information content (AvgIpc) is 2.62. The van der Waals surface area contributed by atoms with Crippen molar-refractivity contribution >= 4 is 11.8 Å². The minimum atomic E-state index is -0.126. The Hall–Kier alpha value is -2.62. The van der Waals surface area contributed by atoms with Crippen LogP contribution in [0.5, 0.6) is 0 Å². The van der Waals surface area contributed by atoms with Crippen LogP contribution >= 0.6 is 0 Å². The van der Waals surface area contributed by atoms with Gasteiger partial charge in [0.25, 0.3) is 5.91 Å². The lowest BCUT2D eigenvalue weighted by atomic mass is 9.93. The van der Waals surface area contributed by atoms with Gasteiger partial charge in [-0.2, -0.15) is 0 Å². The number of amides is 2. The van der Waals surface area contributed by atoms with Crippen molar-refractivity contribution in [3.05, 3.63) is 70.8 Å². The maximum atomic E-state index is 12.8. The molecule has 0 bridgehead atoms. The molecule has 0 aliphatic carbocycles. The molecule has 0 radical (unpaired) electrons. The quantitative estimate of drug-likeness (QED) is 0.863. The Morgan fingerprint density at radius 3 is 2.52 bits per heavy atom. The van der Waals surface area contributed by atoms with Gasteiger partial charge in [0.15, 0.2) is 0 Å². The number of nitrogens with zero attached hydrogens (tertiary/aromatic N) is 2. The first-order valence-electron chi connectivity index (χ1n) is 8.67. The van der Waals surface area contributed by atoms with E-state index in [1.165, 1.54) is 16.0 Å². The van der Waals surface area contributed by atoms with E-state index in [1.54, 1.807) is 19.2 Å². The summed E-state index contributed by atoms with van der Waals surface area (Å²) in [4.78, 5) is 28.6. The van der Waals surface area contributed by atoms with E-state index in [0.717, 1.165) is 12.0 Å². The van der Waals surface area contributed by atoms with Gasteiger partial charge in [-0.1, -0.05) is 42.0 Å². The topological polar surface area (TPSA) is 40.6 Å². The number of carbonyl (C=O) groups is 2. The first-order chi connectivity index (χ1) is 12.0. The van der Waals surface area contributed by atoms with Crippen LogP contribution in [-0.4, -0.2) is 41.8 Å². The molecular weight excluding hydrogens is 312 g/mol. The summed E-state index contributed by atoms with van der Waals surface area (Å²) in [7, 11) is 1.68. The molecule has 2 aromatic carbocycles.